The molecular formula is C14H11ClF3NO3S. The van der Waals surface area contributed by atoms with Crippen molar-refractivity contribution in [3.05, 3.63) is 34.3 Å². The molecule has 0 aliphatic rings. The van der Waals surface area contributed by atoms with Crippen LogP contribution in [-0.4, -0.2) is 28.0 Å². The van der Waals surface area contributed by atoms with Crippen LogP contribution >= 0.6 is 11.6 Å². The van der Waals surface area contributed by atoms with Gasteiger partial charge in [-0.2, -0.15) is 13.2 Å². The standard InChI is InChI=1S/C14H11ClF3NO3S/c1-3-22-13(20)9-10(15)7-5-4-6-8(14(16,17)18)11(7)19-12(9)23(2)21/h4-6H,3H2,1-2H3. The van der Waals surface area contributed by atoms with Gasteiger partial charge in [-0.1, -0.05) is 23.7 Å². The number of carbonyl (C=O) groups is 1. The number of rotatable bonds is 3. The highest BCUT2D eigenvalue weighted by Crippen LogP contribution is 2.38. The summed E-state index contributed by atoms with van der Waals surface area (Å²) in [4.78, 5) is 15.8. The normalized spacial score (nSPS) is 13.1. The van der Waals surface area contributed by atoms with Gasteiger partial charge in [-0.15, -0.1) is 0 Å². The number of pyridine rings is 1. The van der Waals surface area contributed by atoms with Gasteiger partial charge in [0.1, 0.15) is 10.6 Å². The largest absolute Gasteiger partial charge is 0.462 e. The van der Waals surface area contributed by atoms with Crippen LogP contribution < -0.4 is 0 Å². The van der Waals surface area contributed by atoms with E-state index in [1.807, 2.05) is 0 Å². The Bertz CT molecular complexity index is 808. The molecule has 1 heterocycles. The summed E-state index contributed by atoms with van der Waals surface area (Å²) in [5, 5.41) is -0.652. The van der Waals surface area contributed by atoms with Crippen LogP contribution in [0.25, 0.3) is 10.9 Å². The lowest BCUT2D eigenvalue weighted by Gasteiger charge is -2.14. The van der Waals surface area contributed by atoms with E-state index in [1.165, 1.54) is 12.3 Å². The van der Waals surface area contributed by atoms with E-state index < -0.39 is 34.0 Å². The van der Waals surface area contributed by atoms with Crippen molar-refractivity contribution in [2.45, 2.75) is 18.1 Å². The van der Waals surface area contributed by atoms with Crippen molar-refractivity contribution >= 4 is 39.3 Å². The summed E-state index contributed by atoms with van der Waals surface area (Å²) in [6.45, 7) is 1.59. The van der Waals surface area contributed by atoms with Crippen LogP contribution in [0.1, 0.15) is 22.8 Å². The minimum absolute atomic E-state index is 0.0333. The first kappa shape index (κ1) is 17.7. The van der Waals surface area contributed by atoms with E-state index in [-0.39, 0.29) is 27.6 Å². The lowest BCUT2D eigenvalue weighted by atomic mass is 10.1. The van der Waals surface area contributed by atoms with Gasteiger partial charge in [-0.3, -0.25) is 4.21 Å². The molecule has 0 saturated carbocycles. The molecule has 0 N–H and O–H groups in total. The third kappa shape index (κ3) is 3.32. The second-order valence-electron chi connectivity index (χ2n) is 4.48. The Kier molecular flexibility index (Phi) is 4.95. The van der Waals surface area contributed by atoms with Crippen LogP contribution in [0.4, 0.5) is 13.2 Å². The number of nitrogens with zero attached hydrogens (tertiary/aromatic N) is 1. The lowest BCUT2D eigenvalue weighted by Crippen LogP contribution is -2.14. The molecule has 0 aliphatic heterocycles. The van der Waals surface area contributed by atoms with Crippen LogP contribution in [0.2, 0.25) is 5.02 Å². The summed E-state index contributed by atoms with van der Waals surface area (Å²) in [6.07, 6.45) is -3.46. The fourth-order valence-corrected chi connectivity index (χ4v) is 3.11. The van der Waals surface area contributed by atoms with Crippen molar-refractivity contribution in [3.8, 4) is 0 Å². The van der Waals surface area contributed by atoms with E-state index in [9.17, 15) is 22.2 Å². The van der Waals surface area contributed by atoms with Crippen LogP contribution in [0.15, 0.2) is 23.2 Å². The third-order valence-electron chi connectivity index (χ3n) is 2.98. The number of hydrogen-bond donors (Lipinski definition) is 0. The number of alkyl halides is 3. The number of halogens is 4. The van der Waals surface area contributed by atoms with Crippen molar-refractivity contribution in [1.29, 1.82) is 0 Å². The Morgan fingerprint density at radius 2 is 2.04 bits per heavy atom. The minimum atomic E-state index is -4.66. The maximum absolute atomic E-state index is 13.1. The highest BCUT2D eigenvalue weighted by molar-refractivity contribution is 7.84. The Hall–Kier alpha value is -1.67. The van der Waals surface area contributed by atoms with Crippen LogP contribution in [0.3, 0.4) is 0 Å². The monoisotopic (exact) mass is 365 g/mol. The molecule has 0 saturated heterocycles. The number of ether oxygens (including phenoxy) is 1. The smallest absolute Gasteiger partial charge is 0.418 e. The second-order valence-corrected chi connectivity index (χ2v) is 6.15. The van der Waals surface area contributed by atoms with Crippen molar-refractivity contribution in [2.75, 3.05) is 12.9 Å². The first-order valence-corrected chi connectivity index (χ1v) is 8.32. The third-order valence-corrected chi connectivity index (χ3v) is 4.21. The highest BCUT2D eigenvalue weighted by Gasteiger charge is 2.35. The van der Waals surface area contributed by atoms with Crippen LogP contribution in [-0.2, 0) is 21.7 Å². The molecule has 23 heavy (non-hydrogen) atoms. The van der Waals surface area contributed by atoms with Gasteiger partial charge >= 0.3 is 12.1 Å². The average molecular weight is 366 g/mol. The number of carbonyl (C=O) groups excluding carboxylic acids is 1. The summed E-state index contributed by atoms with van der Waals surface area (Å²) in [5.41, 5.74) is -1.75. The Morgan fingerprint density at radius 3 is 2.57 bits per heavy atom. The van der Waals surface area contributed by atoms with E-state index in [2.05, 4.69) is 4.98 Å². The maximum atomic E-state index is 13.1. The van der Waals surface area contributed by atoms with Gasteiger partial charge in [0.25, 0.3) is 0 Å². The molecule has 2 aromatic rings. The van der Waals surface area contributed by atoms with Gasteiger partial charge in [0.2, 0.25) is 0 Å². The molecule has 0 amide bonds. The zero-order valence-electron chi connectivity index (χ0n) is 12.0. The molecule has 1 aromatic heterocycles. The predicted octanol–water partition coefficient (Wildman–Crippen LogP) is 3.82. The molecule has 4 nitrogen and oxygen atoms in total. The van der Waals surface area contributed by atoms with E-state index in [0.717, 1.165) is 12.1 Å². The number of para-hydroxylation sites is 1. The van der Waals surface area contributed by atoms with E-state index in [0.29, 0.717) is 0 Å². The van der Waals surface area contributed by atoms with Crippen molar-refractivity contribution in [2.24, 2.45) is 0 Å². The van der Waals surface area contributed by atoms with Gasteiger partial charge < -0.3 is 4.74 Å². The molecule has 0 aliphatic carbocycles. The van der Waals surface area contributed by atoms with Gasteiger partial charge in [-0.05, 0) is 13.0 Å². The molecule has 1 unspecified atom stereocenters. The summed E-state index contributed by atoms with van der Waals surface area (Å²) >= 11 is 6.10. The molecule has 0 bridgehead atoms. The maximum Gasteiger partial charge on any atom is 0.418 e. The molecule has 0 radical (unpaired) electrons. The van der Waals surface area contributed by atoms with Gasteiger partial charge in [0.15, 0.2) is 0 Å². The van der Waals surface area contributed by atoms with Crippen LogP contribution in [0.5, 0.6) is 0 Å². The van der Waals surface area contributed by atoms with Gasteiger partial charge in [-0.25, -0.2) is 9.78 Å². The Balaban J connectivity index is 2.90. The fraction of sp³-hybridized carbons (Fsp3) is 0.286. The fourth-order valence-electron chi connectivity index (χ4n) is 2.04. The molecular weight excluding hydrogens is 355 g/mol. The SMILES string of the molecule is CCOC(=O)c1c(S(C)=O)nc2c(C(F)(F)F)cccc2c1Cl. The minimum Gasteiger partial charge on any atom is -0.462 e. The van der Waals surface area contributed by atoms with E-state index in [4.69, 9.17) is 16.3 Å². The van der Waals surface area contributed by atoms with Crippen molar-refractivity contribution < 1.29 is 26.9 Å². The second kappa shape index (κ2) is 6.45. The summed E-state index contributed by atoms with van der Waals surface area (Å²) < 4.78 is 56.0. The topological polar surface area (TPSA) is 56.3 Å². The van der Waals surface area contributed by atoms with Crippen LogP contribution in [0, 0.1) is 0 Å². The number of esters is 1. The number of benzene rings is 1. The molecule has 0 fully saturated rings. The Labute approximate surface area is 137 Å². The van der Waals surface area contributed by atoms with Gasteiger partial charge in [0.05, 0.1) is 33.5 Å². The van der Waals surface area contributed by atoms with Crippen molar-refractivity contribution in [3.63, 3.8) is 0 Å². The molecule has 1 aromatic carbocycles. The number of aromatic nitrogens is 1. The first-order valence-electron chi connectivity index (χ1n) is 6.38. The molecule has 1 atom stereocenters. The highest BCUT2D eigenvalue weighted by atomic mass is 35.5. The molecule has 2 rings (SSSR count). The molecule has 0 spiro atoms. The first-order chi connectivity index (χ1) is 10.7. The lowest BCUT2D eigenvalue weighted by molar-refractivity contribution is -0.136. The zero-order valence-corrected chi connectivity index (χ0v) is 13.6. The average Bonchev–Trinajstić information content (AvgIpc) is 2.45. The van der Waals surface area contributed by atoms with Crippen molar-refractivity contribution in [1.82, 2.24) is 4.98 Å². The summed E-state index contributed by atoms with van der Waals surface area (Å²) in [7, 11) is -1.83. The molecule has 124 valence electrons. The quantitative estimate of drug-likeness (QED) is 0.776. The Morgan fingerprint density at radius 1 is 1.39 bits per heavy atom. The van der Waals surface area contributed by atoms with Gasteiger partial charge in [0, 0.05) is 11.6 Å². The predicted molar refractivity (Wildman–Crippen MR) is 80.0 cm³/mol. The van der Waals surface area contributed by atoms with E-state index in [1.54, 1.807) is 6.92 Å². The summed E-state index contributed by atoms with van der Waals surface area (Å²) in [6, 6.07) is 3.32. The summed E-state index contributed by atoms with van der Waals surface area (Å²) in [5.74, 6) is -0.880. The number of hydrogen-bond acceptors (Lipinski definition) is 4. The van der Waals surface area contributed by atoms with E-state index >= 15 is 0 Å². The molecule has 9 heteroatoms. The zero-order chi connectivity index (χ0) is 17.4. The number of fused-ring (bicyclic) bond motifs is 1.